The van der Waals surface area contributed by atoms with Crippen LogP contribution in [0.1, 0.15) is 44.4 Å². The second-order valence-electron chi connectivity index (χ2n) is 5.63. The summed E-state index contributed by atoms with van der Waals surface area (Å²) in [6.45, 7) is 0. The van der Waals surface area contributed by atoms with Crippen molar-refractivity contribution in [3.05, 3.63) is 18.3 Å². The van der Waals surface area contributed by atoms with Gasteiger partial charge in [0.2, 0.25) is 11.7 Å². The van der Waals surface area contributed by atoms with Crippen LogP contribution in [0.25, 0.3) is 11.6 Å². The molecule has 0 saturated heterocycles. The normalized spacial score (nSPS) is 18.3. The van der Waals surface area contributed by atoms with Gasteiger partial charge >= 0.3 is 5.97 Å². The van der Waals surface area contributed by atoms with Crippen LogP contribution in [-0.2, 0) is 11.2 Å². The molecular formula is C14H18N4O3. The van der Waals surface area contributed by atoms with Crippen molar-refractivity contribution in [2.45, 2.75) is 44.9 Å². The Morgan fingerprint density at radius 3 is 2.71 bits per heavy atom. The van der Waals surface area contributed by atoms with Crippen molar-refractivity contribution in [3.63, 3.8) is 0 Å². The summed E-state index contributed by atoms with van der Waals surface area (Å²) in [6.07, 6.45) is 8.96. The van der Waals surface area contributed by atoms with Crippen molar-refractivity contribution in [2.75, 3.05) is 0 Å². The largest absolute Gasteiger partial charge is 0.481 e. The van der Waals surface area contributed by atoms with E-state index in [9.17, 15) is 9.90 Å². The van der Waals surface area contributed by atoms with Crippen LogP contribution in [-0.4, -0.2) is 31.2 Å². The Hall–Kier alpha value is -2.18. The maximum Gasteiger partial charge on any atom is 0.310 e. The second kappa shape index (κ2) is 5.67. The molecule has 7 heteroatoms. The van der Waals surface area contributed by atoms with Gasteiger partial charge in [-0.3, -0.25) is 4.79 Å². The van der Waals surface area contributed by atoms with E-state index in [-0.39, 0.29) is 6.42 Å². The molecule has 0 spiro atoms. The van der Waals surface area contributed by atoms with Gasteiger partial charge in [0.1, 0.15) is 0 Å². The number of aromatic nitrogens is 4. The third-order valence-electron chi connectivity index (χ3n) is 4.18. The predicted molar refractivity (Wildman–Crippen MR) is 73.4 cm³/mol. The van der Waals surface area contributed by atoms with Gasteiger partial charge in [-0.2, -0.15) is 4.98 Å². The summed E-state index contributed by atoms with van der Waals surface area (Å²) in [5, 5.41) is 13.5. The van der Waals surface area contributed by atoms with Crippen molar-refractivity contribution in [1.82, 2.24) is 20.1 Å². The number of aliphatic carboxylic acids is 1. The SMILES string of the molecule is O=C(O)C1(Cc2nc(-c3ncc[nH]3)no2)CCCCCC1. The Bertz CT molecular complexity index is 598. The molecule has 0 radical (unpaired) electrons. The molecule has 1 aliphatic rings. The summed E-state index contributed by atoms with van der Waals surface area (Å²) in [6, 6.07) is 0. The zero-order valence-electron chi connectivity index (χ0n) is 11.7. The number of rotatable bonds is 4. The van der Waals surface area contributed by atoms with E-state index in [2.05, 4.69) is 20.1 Å². The quantitative estimate of drug-likeness (QED) is 0.838. The summed E-state index contributed by atoms with van der Waals surface area (Å²) in [4.78, 5) is 23.0. The highest BCUT2D eigenvalue weighted by Crippen LogP contribution is 2.38. The van der Waals surface area contributed by atoms with Crippen molar-refractivity contribution in [2.24, 2.45) is 5.41 Å². The van der Waals surface area contributed by atoms with Crippen molar-refractivity contribution >= 4 is 5.97 Å². The number of hydrogen-bond acceptors (Lipinski definition) is 5. The molecule has 1 fully saturated rings. The zero-order chi connectivity index (χ0) is 14.7. The second-order valence-corrected chi connectivity index (χ2v) is 5.63. The molecule has 0 amide bonds. The maximum atomic E-state index is 11.8. The standard InChI is InChI=1S/C14H18N4O3/c19-13(20)14(5-3-1-2-4-6-14)9-10-17-12(18-21-10)11-15-7-8-16-11/h7-8H,1-6,9H2,(H,15,16)(H,19,20). The smallest absolute Gasteiger partial charge is 0.310 e. The fraction of sp³-hybridized carbons (Fsp3) is 0.571. The van der Waals surface area contributed by atoms with E-state index >= 15 is 0 Å². The summed E-state index contributed by atoms with van der Waals surface area (Å²) in [7, 11) is 0. The number of imidazole rings is 1. The molecule has 21 heavy (non-hydrogen) atoms. The highest BCUT2D eigenvalue weighted by atomic mass is 16.5. The van der Waals surface area contributed by atoms with Crippen LogP contribution in [0.2, 0.25) is 0 Å². The van der Waals surface area contributed by atoms with Gasteiger partial charge in [0, 0.05) is 18.8 Å². The van der Waals surface area contributed by atoms with E-state index in [1.54, 1.807) is 12.4 Å². The summed E-state index contributed by atoms with van der Waals surface area (Å²) >= 11 is 0. The number of aromatic amines is 1. The molecule has 2 aromatic rings. The first kappa shape index (κ1) is 13.8. The Morgan fingerprint density at radius 2 is 2.10 bits per heavy atom. The Kier molecular flexibility index (Phi) is 3.72. The van der Waals surface area contributed by atoms with Crippen LogP contribution in [0.15, 0.2) is 16.9 Å². The monoisotopic (exact) mass is 290 g/mol. The minimum absolute atomic E-state index is 0.288. The minimum atomic E-state index is -0.774. The van der Waals surface area contributed by atoms with Crippen molar-refractivity contribution in [1.29, 1.82) is 0 Å². The molecule has 2 heterocycles. The summed E-state index contributed by atoms with van der Waals surface area (Å²) in [5.74, 6) is 0.493. The van der Waals surface area contributed by atoms with Gasteiger partial charge < -0.3 is 14.6 Å². The lowest BCUT2D eigenvalue weighted by Crippen LogP contribution is -2.33. The van der Waals surface area contributed by atoms with E-state index in [4.69, 9.17) is 4.52 Å². The van der Waals surface area contributed by atoms with E-state index < -0.39 is 11.4 Å². The van der Waals surface area contributed by atoms with Crippen molar-refractivity contribution in [3.8, 4) is 11.6 Å². The number of carboxylic acid groups (broad SMARTS) is 1. The Balaban J connectivity index is 1.81. The number of H-pyrrole nitrogens is 1. The first-order chi connectivity index (χ1) is 10.2. The molecule has 0 aliphatic heterocycles. The predicted octanol–water partition coefficient (Wildman–Crippen LogP) is 2.43. The number of carboxylic acids is 1. The minimum Gasteiger partial charge on any atom is -0.481 e. The lowest BCUT2D eigenvalue weighted by atomic mass is 9.77. The lowest BCUT2D eigenvalue weighted by molar-refractivity contribution is -0.150. The molecule has 2 N–H and O–H groups in total. The van der Waals surface area contributed by atoms with Gasteiger partial charge in [0.25, 0.3) is 0 Å². The van der Waals surface area contributed by atoms with Gasteiger partial charge in [-0.05, 0) is 12.8 Å². The summed E-state index contributed by atoms with van der Waals surface area (Å²) in [5.41, 5.74) is -0.774. The average molecular weight is 290 g/mol. The van der Waals surface area contributed by atoms with Crippen LogP contribution in [0.4, 0.5) is 0 Å². The molecule has 1 saturated carbocycles. The topological polar surface area (TPSA) is 105 Å². The van der Waals surface area contributed by atoms with Gasteiger partial charge in [0.05, 0.1) is 5.41 Å². The van der Waals surface area contributed by atoms with Gasteiger partial charge in [0.15, 0.2) is 5.82 Å². The maximum absolute atomic E-state index is 11.8. The fourth-order valence-electron chi connectivity index (χ4n) is 2.97. The third kappa shape index (κ3) is 2.81. The van der Waals surface area contributed by atoms with Gasteiger partial charge in [-0.1, -0.05) is 30.8 Å². The van der Waals surface area contributed by atoms with Crippen LogP contribution < -0.4 is 0 Å². The van der Waals surface area contributed by atoms with E-state index in [0.29, 0.717) is 30.4 Å². The van der Waals surface area contributed by atoms with E-state index in [0.717, 1.165) is 25.7 Å². The number of carbonyl (C=O) groups is 1. The molecule has 0 atom stereocenters. The average Bonchev–Trinajstić information content (AvgIpc) is 3.07. The molecular weight excluding hydrogens is 272 g/mol. The molecule has 3 rings (SSSR count). The van der Waals surface area contributed by atoms with Crippen LogP contribution in [0.3, 0.4) is 0 Å². The molecule has 0 aromatic carbocycles. The van der Waals surface area contributed by atoms with Crippen LogP contribution in [0, 0.1) is 5.41 Å². The van der Waals surface area contributed by atoms with Crippen molar-refractivity contribution < 1.29 is 14.4 Å². The van der Waals surface area contributed by atoms with Gasteiger partial charge in [-0.25, -0.2) is 4.98 Å². The Labute approximate surface area is 121 Å². The first-order valence-electron chi connectivity index (χ1n) is 7.25. The lowest BCUT2D eigenvalue weighted by Gasteiger charge is -2.26. The van der Waals surface area contributed by atoms with E-state index in [1.165, 1.54) is 0 Å². The number of hydrogen-bond donors (Lipinski definition) is 2. The van der Waals surface area contributed by atoms with Crippen LogP contribution >= 0.6 is 0 Å². The fourth-order valence-corrected chi connectivity index (χ4v) is 2.97. The van der Waals surface area contributed by atoms with E-state index in [1.807, 2.05) is 0 Å². The molecule has 0 unspecified atom stereocenters. The Morgan fingerprint density at radius 1 is 1.33 bits per heavy atom. The molecule has 7 nitrogen and oxygen atoms in total. The molecule has 112 valence electrons. The third-order valence-corrected chi connectivity index (χ3v) is 4.18. The first-order valence-corrected chi connectivity index (χ1v) is 7.25. The van der Waals surface area contributed by atoms with Gasteiger partial charge in [-0.15, -0.1) is 0 Å². The summed E-state index contributed by atoms with van der Waals surface area (Å²) < 4.78 is 5.22. The number of nitrogens with zero attached hydrogens (tertiary/aromatic N) is 3. The van der Waals surface area contributed by atoms with Crippen LogP contribution in [0.5, 0.6) is 0 Å². The highest BCUT2D eigenvalue weighted by molar-refractivity contribution is 5.75. The zero-order valence-corrected chi connectivity index (χ0v) is 11.7. The highest BCUT2D eigenvalue weighted by Gasteiger charge is 2.40. The molecule has 2 aromatic heterocycles. The number of nitrogens with one attached hydrogen (secondary N) is 1. The molecule has 0 bridgehead atoms. The molecule has 1 aliphatic carbocycles.